The number of amides is 1. The van der Waals surface area contributed by atoms with Gasteiger partial charge >= 0.3 is 0 Å². The normalized spacial score (nSPS) is 17.3. The molecule has 144 valence electrons. The third-order valence-corrected chi connectivity index (χ3v) is 4.81. The molecule has 1 aromatic rings. The molecule has 0 aliphatic carbocycles. The van der Waals surface area contributed by atoms with Crippen LogP contribution in [-0.2, 0) is 4.79 Å². The number of nitrogens with zero attached hydrogens (tertiary/aromatic N) is 3. The molecule has 1 aliphatic rings. The predicted octanol–water partition coefficient (Wildman–Crippen LogP) is 2.08. The molecule has 2 rings (SSSR count). The standard InChI is InChI=1S/C20H33N5O/c1-4-19(26)25-15-12-17(16-25)23-20(21-3)22-13-9-14-24(5-2)18-10-7-6-8-11-18/h6-8,10-11,17H,4-5,9,12-16H2,1-3H3,(H2,21,22,23). The number of para-hydroxylation sites is 1. The highest BCUT2D eigenvalue weighted by molar-refractivity contribution is 5.80. The average Bonchev–Trinajstić information content (AvgIpc) is 3.15. The minimum absolute atomic E-state index is 0.234. The quantitative estimate of drug-likeness (QED) is 0.424. The molecule has 0 spiro atoms. The summed E-state index contributed by atoms with van der Waals surface area (Å²) in [5.74, 6) is 1.06. The summed E-state index contributed by atoms with van der Waals surface area (Å²) < 4.78 is 0. The summed E-state index contributed by atoms with van der Waals surface area (Å²) in [5, 5.41) is 6.83. The maximum atomic E-state index is 11.8. The van der Waals surface area contributed by atoms with E-state index in [1.54, 1.807) is 7.05 Å². The van der Waals surface area contributed by atoms with Crippen LogP contribution in [0, 0.1) is 0 Å². The summed E-state index contributed by atoms with van der Waals surface area (Å²) in [6, 6.07) is 10.8. The van der Waals surface area contributed by atoms with E-state index in [0.29, 0.717) is 6.42 Å². The van der Waals surface area contributed by atoms with Gasteiger partial charge in [0.1, 0.15) is 0 Å². The van der Waals surface area contributed by atoms with Gasteiger partial charge in [-0.2, -0.15) is 0 Å². The van der Waals surface area contributed by atoms with E-state index in [1.807, 2.05) is 17.9 Å². The Kier molecular flexibility index (Phi) is 8.25. The van der Waals surface area contributed by atoms with E-state index in [4.69, 9.17) is 0 Å². The third kappa shape index (κ3) is 5.93. The number of carbonyl (C=O) groups is 1. The number of guanidine groups is 1. The first-order valence-electron chi connectivity index (χ1n) is 9.72. The Morgan fingerprint density at radius 2 is 2.08 bits per heavy atom. The second kappa shape index (κ2) is 10.7. The number of benzene rings is 1. The molecule has 1 aromatic carbocycles. The van der Waals surface area contributed by atoms with Crippen LogP contribution in [0.3, 0.4) is 0 Å². The summed E-state index contributed by atoms with van der Waals surface area (Å²) >= 11 is 0. The molecular formula is C20H33N5O. The van der Waals surface area contributed by atoms with Gasteiger partial charge in [0.05, 0.1) is 0 Å². The number of hydrogen-bond donors (Lipinski definition) is 2. The van der Waals surface area contributed by atoms with E-state index in [2.05, 4.69) is 51.7 Å². The van der Waals surface area contributed by atoms with Crippen molar-refractivity contribution in [2.75, 3.05) is 44.7 Å². The second-order valence-electron chi connectivity index (χ2n) is 6.59. The Hall–Kier alpha value is -2.24. The lowest BCUT2D eigenvalue weighted by atomic mass is 10.2. The highest BCUT2D eigenvalue weighted by Crippen LogP contribution is 2.13. The fourth-order valence-electron chi connectivity index (χ4n) is 3.30. The largest absolute Gasteiger partial charge is 0.372 e. The summed E-state index contributed by atoms with van der Waals surface area (Å²) in [6.45, 7) is 8.58. The maximum absolute atomic E-state index is 11.8. The monoisotopic (exact) mass is 359 g/mol. The van der Waals surface area contributed by atoms with E-state index in [1.165, 1.54) is 5.69 Å². The van der Waals surface area contributed by atoms with Gasteiger partial charge in [0, 0.05) is 57.9 Å². The average molecular weight is 360 g/mol. The Bertz CT molecular complexity index is 575. The van der Waals surface area contributed by atoms with Crippen molar-refractivity contribution < 1.29 is 4.79 Å². The number of hydrogen-bond acceptors (Lipinski definition) is 3. The van der Waals surface area contributed by atoms with Crippen LogP contribution in [0.25, 0.3) is 0 Å². The van der Waals surface area contributed by atoms with Crippen LogP contribution in [-0.4, -0.2) is 62.6 Å². The smallest absolute Gasteiger partial charge is 0.222 e. The van der Waals surface area contributed by atoms with Crippen molar-refractivity contribution in [1.29, 1.82) is 0 Å². The van der Waals surface area contributed by atoms with Crippen LogP contribution in [0.1, 0.15) is 33.1 Å². The first-order valence-corrected chi connectivity index (χ1v) is 9.72. The van der Waals surface area contributed by atoms with Gasteiger partial charge in [0.15, 0.2) is 5.96 Å². The molecule has 2 N–H and O–H groups in total. The number of anilines is 1. The molecule has 1 saturated heterocycles. The van der Waals surface area contributed by atoms with Gasteiger partial charge in [-0.05, 0) is 31.9 Å². The first kappa shape index (κ1) is 20.1. The molecule has 0 radical (unpaired) electrons. The molecule has 1 amide bonds. The SMILES string of the molecule is CCC(=O)N1CCC(NC(=NC)NCCCN(CC)c2ccccc2)C1. The highest BCUT2D eigenvalue weighted by atomic mass is 16.2. The van der Waals surface area contributed by atoms with Gasteiger partial charge in [-0.3, -0.25) is 9.79 Å². The van der Waals surface area contributed by atoms with E-state index in [0.717, 1.165) is 51.5 Å². The van der Waals surface area contributed by atoms with E-state index in [9.17, 15) is 4.79 Å². The molecular weight excluding hydrogens is 326 g/mol. The van der Waals surface area contributed by atoms with E-state index >= 15 is 0 Å². The Labute approximate surface area is 157 Å². The maximum Gasteiger partial charge on any atom is 0.222 e. The molecule has 1 aliphatic heterocycles. The fourth-order valence-corrected chi connectivity index (χ4v) is 3.30. The zero-order valence-corrected chi connectivity index (χ0v) is 16.4. The Balaban J connectivity index is 1.70. The lowest BCUT2D eigenvalue weighted by Crippen LogP contribution is -2.45. The van der Waals surface area contributed by atoms with Gasteiger partial charge < -0.3 is 20.4 Å². The topological polar surface area (TPSA) is 60.0 Å². The molecule has 1 unspecified atom stereocenters. The molecule has 0 aromatic heterocycles. The van der Waals surface area contributed by atoms with Crippen molar-refractivity contribution in [2.45, 2.75) is 39.2 Å². The van der Waals surface area contributed by atoms with Crippen molar-refractivity contribution >= 4 is 17.6 Å². The minimum atomic E-state index is 0.234. The number of aliphatic imine (C=N–C) groups is 1. The Morgan fingerprint density at radius 3 is 2.73 bits per heavy atom. The lowest BCUT2D eigenvalue weighted by Gasteiger charge is -2.23. The van der Waals surface area contributed by atoms with Gasteiger partial charge in [0.25, 0.3) is 0 Å². The molecule has 6 heteroatoms. The van der Waals surface area contributed by atoms with Crippen LogP contribution in [0.4, 0.5) is 5.69 Å². The lowest BCUT2D eigenvalue weighted by molar-refractivity contribution is -0.129. The summed E-state index contributed by atoms with van der Waals surface area (Å²) in [4.78, 5) is 20.4. The molecule has 1 fully saturated rings. The van der Waals surface area contributed by atoms with Gasteiger partial charge in [0.2, 0.25) is 5.91 Å². The first-order chi connectivity index (χ1) is 12.7. The molecule has 0 saturated carbocycles. The van der Waals surface area contributed by atoms with Gasteiger partial charge in [-0.25, -0.2) is 0 Å². The van der Waals surface area contributed by atoms with Crippen molar-refractivity contribution in [2.24, 2.45) is 4.99 Å². The van der Waals surface area contributed by atoms with Crippen molar-refractivity contribution in [3.05, 3.63) is 30.3 Å². The molecule has 1 heterocycles. The molecule has 1 atom stereocenters. The number of rotatable bonds is 8. The van der Waals surface area contributed by atoms with Crippen molar-refractivity contribution in [1.82, 2.24) is 15.5 Å². The zero-order valence-electron chi connectivity index (χ0n) is 16.4. The van der Waals surface area contributed by atoms with Crippen molar-refractivity contribution in [3.8, 4) is 0 Å². The van der Waals surface area contributed by atoms with E-state index < -0.39 is 0 Å². The van der Waals surface area contributed by atoms with Gasteiger partial charge in [-0.1, -0.05) is 25.1 Å². The number of carbonyl (C=O) groups excluding carboxylic acids is 1. The van der Waals surface area contributed by atoms with Crippen LogP contribution in [0.2, 0.25) is 0 Å². The van der Waals surface area contributed by atoms with Gasteiger partial charge in [-0.15, -0.1) is 0 Å². The number of likely N-dealkylation sites (tertiary alicyclic amines) is 1. The van der Waals surface area contributed by atoms with Crippen molar-refractivity contribution in [3.63, 3.8) is 0 Å². The fraction of sp³-hybridized carbons (Fsp3) is 0.600. The molecule has 26 heavy (non-hydrogen) atoms. The second-order valence-corrected chi connectivity index (χ2v) is 6.59. The highest BCUT2D eigenvalue weighted by Gasteiger charge is 2.25. The Morgan fingerprint density at radius 1 is 1.31 bits per heavy atom. The number of nitrogens with one attached hydrogen (secondary N) is 2. The van der Waals surface area contributed by atoms with E-state index in [-0.39, 0.29) is 11.9 Å². The summed E-state index contributed by atoms with van der Waals surface area (Å²) in [6.07, 6.45) is 2.59. The molecule has 0 bridgehead atoms. The summed E-state index contributed by atoms with van der Waals surface area (Å²) in [5.41, 5.74) is 1.27. The van der Waals surface area contributed by atoms with Crippen LogP contribution >= 0.6 is 0 Å². The third-order valence-electron chi connectivity index (χ3n) is 4.81. The summed E-state index contributed by atoms with van der Waals surface area (Å²) in [7, 11) is 1.79. The predicted molar refractivity (Wildman–Crippen MR) is 109 cm³/mol. The van der Waals surface area contributed by atoms with Crippen LogP contribution < -0.4 is 15.5 Å². The zero-order chi connectivity index (χ0) is 18.8. The molecule has 6 nitrogen and oxygen atoms in total. The van der Waals surface area contributed by atoms with Crippen LogP contribution in [0.5, 0.6) is 0 Å². The minimum Gasteiger partial charge on any atom is -0.372 e. The van der Waals surface area contributed by atoms with Crippen LogP contribution in [0.15, 0.2) is 35.3 Å².